The minimum Gasteiger partial charge on any atom is -0.493 e. The molecule has 1 aromatic carbocycles. The van der Waals surface area contributed by atoms with Crippen molar-refractivity contribution in [2.75, 3.05) is 19.5 Å². The Kier molecular flexibility index (Phi) is 4.84. The highest BCUT2D eigenvalue weighted by atomic mass is 127. The molecule has 0 saturated heterocycles. The summed E-state index contributed by atoms with van der Waals surface area (Å²) in [7, 11) is 3.24. The summed E-state index contributed by atoms with van der Waals surface area (Å²) in [6.07, 6.45) is 1.72. The maximum atomic E-state index is 5.36. The van der Waals surface area contributed by atoms with E-state index in [-0.39, 0.29) is 0 Å². The van der Waals surface area contributed by atoms with Crippen molar-refractivity contribution in [1.82, 2.24) is 4.98 Å². The molecule has 100 valence electrons. The maximum absolute atomic E-state index is 5.36. The molecule has 0 aliphatic rings. The molecule has 2 rings (SSSR count). The van der Waals surface area contributed by atoms with Gasteiger partial charge in [0.25, 0.3) is 0 Å². The van der Waals surface area contributed by atoms with Crippen LogP contribution in [0.5, 0.6) is 11.5 Å². The molecule has 0 aliphatic carbocycles. The van der Waals surface area contributed by atoms with Gasteiger partial charge < -0.3 is 14.8 Å². The average Bonchev–Trinajstić information content (AvgIpc) is 2.45. The van der Waals surface area contributed by atoms with Gasteiger partial charge in [0.1, 0.15) is 5.69 Å². The highest BCUT2D eigenvalue weighted by molar-refractivity contribution is 14.1. The molecule has 0 aliphatic heterocycles. The van der Waals surface area contributed by atoms with Gasteiger partial charge in [-0.1, -0.05) is 12.1 Å². The van der Waals surface area contributed by atoms with Crippen molar-refractivity contribution in [3.63, 3.8) is 0 Å². The second kappa shape index (κ2) is 6.60. The van der Waals surface area contributed by atoms with Crippen LogP contribution in [0.2, 0.25) is 0 Å². The second-order valence-electron chi connectivity index (χ2n) is 3.83. The molecule has 0 amide bonds. The van der Waals surface area contributed by atoms with E-state index in [0.717, 1.165) is 11.4 Å². The van der Waals surface area contributed by atoms with Crippen molar-refractivity contribution in [3.05, 3.63) is 45.8 Å². The Morgan fingerprint density at radius 3 is 2.63 bits per heavy atom. The molecule has 0 radical (unpaired) electrons. The molecule has 0 fully saturated rings. The summed E-state index contributed by atoms with van der Waals surface area (Å²) in [5.74, 6) is 1.36. The number of benzene rings is 1. The van der Waals surface area contributed by atoms with E-state index < -0.39 is 0 Å². The molecular formula is C14H15IN2O2. The van der Waals surface area contributed by atoms with Crippen molar-refractivity contribution >= 4 is 28.3 Å². The third-order valence-corrected chi connectivity index (χ3v) is 3.63. The van der Waals surface area contributed by atoms with Crippen LogP contribution in [0.4, 0.5) is 5.69 Å². The topological polar surface area (TPSA) is 43.4 Å². The highest BCUT2D eigenvalue weighted by Gasteiger charge is 2.10. The Balaban J connectivity index is 2.18. The number of nitrogens with zero attached hydrogens (tertiary/aromatic N) is 1. The monoisotopic (exact) mass is 370 g/mol. The van der Waals surface area contributed by atoms with Crippen LogP contribution in [0.15, 0.2) is 36.5 Å². The van der Waals surface area contributed by atoms with Gasteiger partial charge in [-0.3, -0.25) is 4.98 Å². The number of hydrogen-bond donors (Lipinski definition) is 1. The SMILES string of the molecule is COc1ccnc(CNc2ccccc2I)c1OC. The van der Waals surface area contributed by atoms with Crippen molar-refractivity contribution in [3.8, 4) is 11.5 Å². The first-order valence-corrected chi connectivity index (χ1v) is 6.88. The average molecular weight is 370 g/mol. The lowest BCUT2D eigenvalue weighted by atomic mass is 10.2. The second-order valence-corrected chi connectivity index (χ2v) is 4.99. The van der Waals surface area contributed by atoms with E-state index in [0.29, 0.717) is 18.0 Å². The van der Waals surface area contributed by atoms with Crippen LogP contribution < -0.4 is 14.8 Å². The number of rotatable bonds is 5. The fourth-order valence-corrected chi connectivity index (χ4v) is 2.34. The fraction of sp³-hybridized carbons (Fsp3) is 0.214. The van der Waals surface area contributed by atoms with Crippen LogP contribution in [0, 0.1) is 3.57 Å². The lowest BCUT2D eigenvalue weighted by Gasteiger charge is -2.13. The molecule has 0 atom stereocenters. The van der Waals surface area contributed by atoms with Crippen molar-refractivity contribution in [1.29, 1.82) is 0 Å². The predicted molar refractivity (Wildman–Crippen MR) is 83.8 cm³/mol. The Bertz CT molecular complexity index is 561. The van der Waals surface area contributed by atoms with Gasteiger partial charge in [0, 0.05) is 21.5 Å². The molecule has 1 N–H and O–H groups in total. The van der Waals surface area contributed by atoms with E-state index in [1.54, 1.807) is 26.5 Å². The molecular weight excluding hydrogens is 355 g/mol. The van der Waals surface area contributed by atoms with Crippen molar-refractivity contribution in [2.45, 2.75) is 6.54 Å². The van der Waals surface area contributed by atoms with Gasteiger partial charge in [-0.2, -0.15) is 0 Å². The first-order valence-electron chi connectivity index (χ1n) is 5.80. The molecule has 5 heteroatoms. The van der Waals surface area contributed by atoms with Gasteiger partial charge in [0.05, 0.1) is 20.8 Å². The molecule has 1 aromatic heterocycles. The summed E-state index contributed by atoms with van der Waals surface area (Å²) in [5.41, 5.74) is 1.90. The minimum atomic E-state index is 0.584. The Morgan fingerprint density at radius 1 is 1.16 bits per heavy atom. The van der Waals surface area contributed by atoms with E-state index in [9.17, 15) is 0 Å². The third kappa shape index (κ3) is 3.28. The number of aromatic nitrogens is 1. The van der Waals surface area contributed by atoms with Gasteiger partial charge >= 0.3 is 0 Å². The standard InChI is InChI=1S/C14H15IN2O2/c1-18-13-7-8-16-12(14(13)19-2)9-17-11-6-4-3-5-10(11)15/h3-8,17H,9H2,1-2H3. The number of para-hydroxylation sites is 1. The summed E-state index contributed by atoms with van der Waals surface area (Å²) < 4.78 is 11.8. The highest BCUT2D eigenvalue weighted by Crippen LogP contribution is 2.29. The van der Waals surface area contributed by atoms with Crippen LogP contribution in [0.25, 0.3) is 0 Å². The number of methoxy groups -OCH3 is 2. The zero-order valence-corrected chi connectivity index (χ0v) is 13.0. The quantitative estimate of drug-likeness (QED) is 0.821. The zero-order valence-electron chi connectivity index (χ0n) is 10.8. The third-order valence-electron chi connectivity index (χ3n) is 2.69. The molecule has 19 heavy (non-hydrogen) atoms. The largest absolute Gasteiger partial charge is 0.493 e. The molecule has 0 spiro atoms. The van der Waals surface area contributed by atoms with E-state index in [1.165, 1.54) is 3.57 Å². The number of ether oxygens (including phenoxy) is 2. The van der Waals surface area contributed by atoms with E-state index in [4.69, 9.17) is 9.47 Å². The van der Waals surface area contributed by atoms with Crippen LogP contribution in [0.3, 0.4) is 0 Å². The summed E-state index contributed by atoms with van der Waals surface area (Å²) in [6, 6.07) is 9.89. The molecule has 1 heterocycles. The summed E-state index contributed by atoms with van der Waals surface area (Å²) in [5, 5.41) is 3.35. The number of halogens is 1. The Morgan fingerprint density at radius 2 is 1.95 bits per heavy atom. The van der Waals surface area contributed by atoms with Gasteiger partial charge in [0.2, 0.25) is 0 Å². The summed E-state index contributed by atoms with van der Waals surface area (Å²) >= 11 is 2.30. The lowest BCUT2D eigenvalue weighted by Crippen LogP contribution is -2.06. The normalized spacial score (nSPS) is 10.1. The Labute approximate surface area is 126 Å². The van der Waals surface area contributed by atoms with Gasteiger partial charge in [-0.25, -0.2) is 0 Å². The van der Waals surface area contributed by atoms with Crippen LogP contribution in [-0.4, -0.2) is 19.2 Å². The molecule has 0 bridgehead atoms. The van der Waals surface area contributed by atoms with Crippen molar-refractivity contribution < 1.29 is 9.47 Å². The van der Waals surface area contributed by atoms with E-state index in [2.05, 4.69) is 39.0 Å². The smallest absolute Gasteiger partial charge is 0.184 e. The van der Waals surface area contributed by atoms with Crippen molar-refractivity contribution in [2.24, 2.45) is 0 Å². The number of anilines is 1. The van der Waals surface area contributed by atoms with Gasteiger partial charge in [0.15, 0.2) is 11.5 Å². The van der Waals surface area contributed by atoms with Gasteiger partial charge in [-0.05, 0) is 34.7 Å². The van der Waals surface area contributed by atoms with Crippen LogP contribution in [0.1, 0.15) is 5.69 Å². The van der Waals surface area contributed by atoms with E-state index in [1.807, 2.05) is 18.2 Å². The minimum absolute atomic E-state index is 0.584. The summed E-state index contributed by atoms with van der Waals surface area (Å²) in [4.78, 5) is 4.33. The zero-order chi connectivity index (χ0) is 13.7. The van der Waals surface area contributed by atoms with Crippen LogP contribution >= 0.6 is 22.6 Å². The first kappa shape index (κ1) is 13.9. The maximum Gasteiger partial charge on any atom is 0.184 e. The lowest BCUT2D eigenvalue weighted by molar-refractivity contribution is 0.350. The first-order chi connectivity index (χ1) is 9.26. The molecule has 0 unspecified atom stereocenters. The van der Waals surface area contributed by atoms with Crippen LogP contribution in [-0.2, 0) is 6.54 Å². The molecule has 4 nitrogen and oxygen atoms in total. The molecule has 2 aromatic rings. The van der Waals surface area contributed by atoms with Gasteiger partial charge in [-0.15, -0.1) is 0 Å². The van der Waals surface area contributed by atoms with E-state index >= 15 is 0 Å². The fourth-order valence-electron chi connectivity index (χ4n) is 1.76. The summed E-state index contributed by atoms with van der Waals surface area (Å²) in [6.45, 7) is 0.584. The number of hydrogen-bond acceptors (Lipinski definition) is 4. The predicted octanol–water partition coefficient (Wildman–Crippen LogP) is 3.32. The number of pyridine rings is 1. The number of nitrogens with one attached hydrogen (secondary N) is 1. The molecule has 0 saturated carbocycles. The Hall–Kier alpha value is -1.50.